The molecular weight excluding hydrogens is 264 g/mol. The lowest BCUT2D eigenvalue weighted by Gasteiger charge is -2.18. The summed E-state index contributed by atoms with van der Waals surface area (Å²) in [7, 11) is -3.31. The van der Waals surface area contributed by atoms with E-state index in [9.17, 15) is 8.42 Å². The minimum Gasteiger partial charge on any atom is -0.497 e. The molecule has 110 valence electrons. The smallest absolute Gasteiger partial charge is 0.235 e. The van der Waals surface area contributed by atoms with E-state index in [1.807, 2.05) is 13.0 Å². The second kappa shape index (κ2) is 7.55. The molecule has 1 rings (SSSR count). The molecule has 19 heavy (non-hydrogen) atoms. The van der Waals surface area contributed by atoms with Gasteiger partial charge < -0.3 is 10.5 Å². The summed E-state index contributed by atoms with van der Waals surface area (Å²) in [4.78, 5) is 0. The largest absolute Gasteiger partial charge is 0.497 e. The number of nitrogens with one attached hydrogen (secondary N) is 1. The fraction of sp³-hybridized carbons (Fsp3) is 0.692. The number of hydrogen-bond acceptors (Lipinski definition) is 4. The Morgan fingerprint density at radius 2 is 2.26 bits per heavy atom. The Bertz CT molecular complexity index is 441. The molecule has 0 aromatic heterocycles. The van der Waals surface area contributed by atoms with Crippen molar-refractivity contribution in [1.82, 2.24) is 4.72 Å². The zero-order valence-corrected chi connectivity index (χ0v) is 12.5. The highest BCUT2D eigenvalue weighted by Crippen LogP contribution is 2.18. The third-order valence-electron chi connectivity index (χ3n) is 2.96. The van der Waals surface area contributed by atoms with Crippen molar-refractivity contribution < 1.29 is 13.2 Å². The van der Waals surface area contributed by atoms with Crippen LogP contribution in [0.4, 0.5) is 0 Å². The Hall–Kier alpha value is -1.01. The third kappa shape index (κ3) is 5.24. The zero-order valence-electron chi connectivity index (χ0n) is 11.7. The van der Waals surface area contributed by atoms with Crippen LogP contribution in [-0.2, 0) is 14.8 Å². The molecule has 1 aliphatic carbocycles. The number of ether oxygens (including phenoxy) is 1. The molecule has 0 aromatic carbocycles. The lowest BCUT2D eigenvalue weighted by atomic mass is 10.1. The second-order valence-electron chi connectivity index (χ2n) is 4.69. The first kappa shape index (κ1) is 16.0. The highest BCUT2D eigenvalue weighted by atomic mass is 32.2. The molecule has 6 heteroatoms. The van der Waals surface area contributed by atoms with Crippen molar-refractivity contribution >= 4 is 10.0 Å². The van der Waals surface area contributed by atoms with E-state index in [0.29, 0.717) is 25.3 Å². The molecule has 0 bridgehead atoms. The van der Waals surface area contributed by atoms with Crippen molar-refractivity contribution in [2.24, 2.45) is 5.73 Å². The van der Waals surface area contributed by atoms with E-state index in [-0.39, 0.29) is 5.25 Å². The summed E-state index contributed by atoms with van der Waals surface area (Å²) in [6.07, 6.45) is 6.69. The predicted molar refractivity (Wildman–Crippen MR) is 76.8 cm³/mol. The summed E-state index contributed by atoms with van der Waals surface area (Å²) in [5.41, 5.74) is 5.98. The van der Waals surface area contributed by atoms with E-state index < -0.39 is 10.0 Å². The van der Waals surface area contributed by atoms with Crippen LogP contribution in [0.25, 0.3) is 0 Å². The average molecular weight is 288 g/mol. The Morgan fingerprint density at radius 3 is 2.89 bits per heavy atom. The molecule has 0 spiro atoms. The molecular formula is C13H24N2O3S. The molecule has 0 heterocycles. The van der Waals surface area contributed by atoms with Crippen molar-refractivity contribution in [2.75, 3.05) is 13.2 Å². The van der Waals surface area contributed by atoms with Gasteiger partial charge in [0.05, 0.1) is 17.6 Å². The quantitative estimate of drug-likeness (QED) is 0.711. The fourth-order valence-electron chi connectivity index (χ4n) is 1.88. The Morgan fingerprint density at radius 1 is 1.53 bits per heavy atom. The number of allylic oxidation sites excluding steroid dienone is 3. The van der Waals surface area contributed by atoms with Crippen LogP contribution in [0.15, 0.2) is 23.6 Å². The molecule has 1 atom stereocenters. The monoisotopic (exact) mass is 288 g/mol. The molecule has 3 N–H and O–H groups in total. The molecule has 0 aliphatic heterocycles. The summed E-state index contributed by atoms with van der Waals surface area (Å²) in [5, 5.41) is -0.387. The van der Waals surface area contributed by atoms with Crippen LogP contribution < -0.4 is 10.5 Å². The highest BCUT2D eigenvalue weighted by molar-refractivity contribution is 7.90. The predicted octanol–water partition coefficient (Wildman–Crippen LogP) is 1.63. The fourth-order valence-corrected chi connectivity index (χ4v) is 3.09. The van der Waals surface area contributed by atoms with Crippen LogP contribution in [-0.4, -0.2) is 26.8 Å². The summed E-state index contributed by atoms with van der Waals surface area (Å²) >= 11 is 0. The van der Waals surface area contributed by atoms with Gasteiger partial charge in [-0.3, -0.25) is 4.72 Å². The van der Waals surface area contributed by atoms with E-state index in [2.05, 4.69) is 4.72 Å². The maximum Gasteiger partial charge on any atom is 0.235 e. The van der Waals surface area contributed by atoms with Gasteiger partial charge in [0.1, 0.15) is 0 Å². The number of hydrogen-bond donors (Lipinski definition) is 2. The summed E-state index contributed by atoms with van der Waals surface area (Å²) < 4.78 is 32.2. The van der Waals surface area contributed by atoms with Gasteiger partial charge in [-0.1, -0.05) is 19.4 Å². The maximum absolute atomic E-state index is 12.1. The molecule has 0 amide bonds. The van der Waals surface area contributed by atoms with Gasteiger partial charge in [0.2, 0.25) is 10.0 Å². The van der Waals surface area contributed by atoms with Gasteiger partial charge in [0.25, 0.3) is 0 Å². The summed E-state index contributed by atoms with van der Waals surface area (Å²) in [6.45, 7) is 4.61. The van der Waals surface area contributed by atoms with Crippen LogP contribution in [0, 0.1) is 0 Å². The van der Waals surface area contributed by atoms with Gasteiger partial charge in [-0.15, -0.1) is 0 Å². The van der Waals surface area contributed by atoms with Crippen molar-refractivity contribution in [2.45, 2.75) is 44.8 Å². The Labute approximate surface area is 115 Å². The van der Waals surface area contributed by atoms with E-state index in [1.54, 1.807) is 13.0 Å². The third-order valence-corrected chi connectivity index (χ3v) is 4.78. The first-order valence-electron chi connectivity index (χ1n) is 6.74. The van der Waals surface area contributed by atoms with Crippen molar-refractivity contribution in [3.63, 3.8) is 0 Å². The van der Waals surface area contributed by atoms with Crippen LogP contribution in [0.2, 0.25) is 0 Å². The van der Waals surface area contributed by atoms with Crippen LogP contribution in [0.5, 0.6) is 0 Å². The maximum atomic E-state index is 12.1. The van der Waals surface area contributed by atoms with Crippen LogP contribution >= 0.6 is 0 Å². The minimum atomic E-state index is -3.31. The molecule has 0 aromatic rings. The standard InChI is InChI=1S/C13H24N2O3S/c1-3-5-11(2)19(16,17)15-12-6-4-7-13(10-12)18-9-8-14/h6,10-11,15H,3-5,7-9,14H2,1-2H3. The van der Waals surface area contributed by atoms with Crippen molar-refractivity contribution in [1.29, 1.82) is 0 Å². The van der Waals surface area contributed by atoms with E-state index >= 15 is 0 Å². The lowest BCUT2D eigenvalue weighted by Crippen LogP contribution is -2.32. The lowest BCUT2D eigenvalue weighted by molar-refractivity contribution is 0.209. The normalized spacial score (nSPS) is 17.4. The SMILES string of the molecule is CCCC(C)S(=O)(=O)NC1=CCCC(OCCN)=C1. The molecule has 0 saturated carbocycles. The molecule has 0 fully saturated rings. The molecule has 0 saturated heterocycles. The number of rotatable bonds is 8. The summed E-state index contributed by atoms with van der Waals surface area (Å²) in [6, 6.07) is 0. The van der Waals surface area contributed by atoms with Gasteiger partial charge in [-0.05, 0) is 25.8 Å². The van der Waals surface area contributed by atoms with Gasteiger partial charge in [0, 0.05) is 18.7 Å². The molecule has 5 nitrogen and oxygen atoms in total. The molecule has 0 radical (unpaired) electrons. The highest BCUT2D eigenvalue weighted by Gasteiger charge is 2.21. The van der Waals surface area contributed by atoms with Gasteiger partial charge >= 0.3 is 0 Å². The van der Waals surface area contributed by atoms with Gasteiger partial charge in [-0.25, -0.2) is 8.42 Å². The number of nitrogens with two attached hydrogens (primary N) is 1. The van der Waals surface area contributed by atoms with E-state index in [1.165, 1.54) is 0 Å². The minimum absolute atomic E-state index is 0.387. The van der Waals surface area contributed by atoms with Crippen LogP contribution in [0.3, 0.4) is 0 Å². The first-order chi connectivity index (χ1) is 8.99. The van der Waals surface area contributed by atoms with Gasteiger partial charge in [-0.2, -0.15) is 0 Å². The topological polar surface area (TPSA) is 81.4 Å². The Balaban J connectivity index is 2.66. The van der Waals surface area contributed by atoms with Crippen molar-refractivity contribution in [3.05, 3.63) is 23.6 Å². The Kier molecular flexibility index (Phi) is 6.37. The van der Waals surface area contributed by atoms with E-state index in [0.717, 1.165) is 25.0 Å². The number of sulfonamides is 1. The zero-order chi connectivity index (χ0) is 14.3. The first-order valence-corrected chi connectivity index (χ1v) is 8.29. The molecule has 1 aliphatic rings. The second-order valence-corrected chi connectivity index (χ2v) is 6.79. The van der Waals surface area contributed by atoms with Gasteiger partial charge in [0.15, 0.2) is 0 Å². The average Bonchev–Trinajstić information content (AvgIpc) is 2.36. The van der Waals surface area contributed by atoms with E-state index in [4.69, 9.17) is 10.5 Å². The van der Waals surface area contributed by atoms with Crippen LogP contribution in [0.1, 0.15) is 39.5 Å². The van der Waals surface area contributed by atoms with Crippen molar-refractivity contribution in [3.8, 4) is 0 Å². The molecule has 1 unspecified atom stereocenters. The summed E-state index contributed by atoms with van der Waals surface area (Å²) in [5.74, 6) is 0.786.